The fourth-order valence-electron chi connectivity index (χ4n) is 4.34. The van der Waals surface area contributed by atoms with Crippen LogP contribution in [0, 0.1) is 5.82 Å². The van der Waals surface area contributed by atoms with Crippen LogP contribution < -0.4 is 25.4 Å². The molecule has 0 bridgehead atoms. The summed E-state index contributed by atoms with van der Waals surface area (Å²) < 4.78 is 32.2. The van der Waals surface area contributed by atoms with Gasteiger partial charge in [0.25, 0.3) is 0 Å². The third-order valence-corrected chi connectivity index (χ3v) is 7.84. The molecule has 0 radical (unpaired) electrons. The van der Waals surface area contributed by atoms with Gasteiger partial charge >= 0.3 is 0 Å². The van der Waals surface area contributed by atoms with Crippen molar-refractivity contribution in [2.75, 3.05) is 32.7 Å². The average Bonchev–Trinajstić information content (AvgIpc) is 3.46. The van der Waals surface area contributed by atoms with Gasteiger partial charge in [0.2, 0.25) is 5.91 Å². The van der Waals surface area contributed by atoms with Crippen molar-refractivity contribution in [3.63, 3.8) is 0 Å². The van der Waals surface area contributed by atoms with E-state index in [1.807, 2.05) is 36.5 Å². The molecule has 0 saturated carbocycles. The van der Waals surface area contributed by atoms with Crippen LogP contribution in [-0.4, -0.2) is 48.4 Å². The van der Waals surface area contributed by atoms with E-state index in [2.05, 4.69) is 25.9 Å². The second-order valence-electron chi connectivity index (χ2n) is 9.59. The Balaban J connectivity index is 1.22. The van der Waals surface area contributed by atoms with Gasteiger partial charge in [0.1, 0.15) is 11.5 Å². The number of benzene rings is 2. The molecule has 9 nitrogen and oxygen atoms in total. The maximum atomic E-state index is 15.1. The predicted molar refractivity (Wildman–Crippen MR) is 174 cm³/mol. The lowest BCUT2D eigenvalue weighted by Crippen LogP contribution is -2.35. The van der Waals surface area contributed by atoms with E-state index in [0.29, 0.717) is 30.3 Å². The molecule has 0 fully saturated rings. The molecule has 0 atom stereocenters. The maximum absolute atomic E-state index is 15.1. The highest BCUT2D eigenvalue weighted by Crippen LogP contribution is 2.39. The van der Waals surface area contributed by atoms with Crippen molar-refractivity contribution in [1.29, 1.82) is 0 Å². The lowest BCUT2D eigenvalue weighted by Gasteiger charge is -2.12. The van der Waals surface area contributed by atoms with E-state index in [0.717, 1.165) is 38.5 Å². The number of methoxy groups -OCH3 is 2. The number of amides is 1. The van der Waals surface area contributed by atoms with Gasteiger partial charge in [-0.25, -0.2) is 4.39 Å². The molecule has 5 aromatic rings. The zero-order valence-corrected chi connectivity index (χ0v) is 25.7. The van der Waals surface area contributed by atoms with Gasteiger partial charge in [0, 0.05) is 56.0 Å². The largest absolute Gasteiger partial charge is 0.496 e. The highest BCUT2D eigenvalue weighted by molar-refractivity contribution is 7.80. The first-order valence-electron chi connectivity index (χ1n) is 13.7. The normalized spacial score (nSPS) is 10.9. The number of nitrogens with one attached hydrogen (secondary N) is 3. The van der Waals surface area contributed by atoms with Crippen molar-refractivity contribution in [3.8, 4) is 27.8 Å². The third kappa shape index (κ3) is 7.91. The molecule has 226 valence electrons. The molecule has 3 aromatic heterocycles. The molecule has 0 aliphatic heterocycles. The number of hydrogen-bond donors (Lipinski definition) is 3. The number of pyridine rings is 2. The Morgan fingerprint density at radius 2 is 1.86 bits per heavy atom. The van der Waals surface area contributed by atoms with Crippen LogP contribution in [0.3, 0.4) is 0 Å². The quantitative estimate of drug-likeness (QED) is 0.111. The van der Waals surface area contributed by atoms with Crippen LogP contribution in [0.5, 0.6) is 17.2 Å². The molecule has 2 aromatic carbocycles. The highest BCUT2D eigenvalue weighted by Gasteiger charge is 2.15. The first kappa shape index (κ1) is 31.0. The summed E-state index contributed by atoms with van der Waals surface area (Å²) in [5, 5.41) is 8.79. The monoisotopic (exact) mass is 631 g/mol. The molecule has 5 rings (SSSR count). The second kappa shape index (κ2) is 14.8. The minimum Gasteiger partial charge on any atom is -0.496 e. The predicted octanol–water partition coefficient (Wildman–Crippen LogP) is 6.09. The molecule has 3 N–H and O–H groups in total. The van der Waals surface area contributed by atoms with Crippen molar-refractivity contribution >= 4 is 50.5 Å². The van der Waals surface area contributed by atoms with Gasteiger partial charge in [-0.15, -0.1) is 11.3 Å². The number of hydrogen-bond acceptors (Lipinski definition) is 9. The van der Waals surface area contributed by atoms with Gasteiger partial charge < -0.3 is 30.2 Å². The van der Waals surface area contributed by atoms with E-state index in [4.69, 9.17) is 26.4 Å². The summed E-state index contributed by atoms with van der Waals surface area (Å²) in [6.45, 7) is 2.11. The zero-order chi connectivity index (χ0) is 30.9. The molecule has 0 aliphatic carbocycles. The number of thiophene rings is 1. The molecule has 3 heterocycles. The van der Waals surface area contributed by atoms with E-state index in [1.54, 1.807) is 44.7 Å². The number of aromatic nitrogens is 2. The zero-order valence-electron chi connectivity index (χ0n) is 24.1. The fraction of sp³-hybridized carbons (Fsp3) is 0.188. The maximum Gasteiger partial charge on any atom is 0.230 e. The molecule has 0 saturated heterocycles. The van der Waals surface area contributed by atoms with Crippen LogP contribution in [-0.2, 0) is 22.5 Å². The van der Waals surface area contributed by atoms with Gasteiger partial charge in [-0.3, -0.25) is 14.8 Å². The Morgan fingerprint density at radius 3 is 2.64 bits per heavy atom. The van der Waals surface area contributed by atoms with Crippen LogP contribution >= 0.6 is 23.6 Å². The number of anilines is 1. The summed E-state index contributed by atoms with van der Waals surface area (Å²) in [4.78, 5) is 22.5. The molecule has 0 aliphatic rings. The van der Waals surface area contributed by atoms with Crippen LogP contribution in [0.15, 0.2) is 79.1 Å². The Bertz CT molecular complexity index is 1760. The molecule has 12 heteroatoms. The molecular weight excluding hydrogens is 602 g/mol. The van der Waals surface area contributed by atoms with E-state index < -0.39 is 5.82 Å². The molecule has 0 spiro atoms. The standard InChI is InChI=1S/C32H30FN5O4S2/c1-40-14-13-34-18-20-7-9-24(36-19-20)29-17-25-31(44-29)28(11-12-35-25)42-27-10-8-22(16-23(27)33)37-32(43)38-30(39)15-21-5-3-4-6-26(21)41-2/h3-12,16-17,19,34H,13-15,18H2,1-2H3,(H2,37,38,39,43). The van der Waals surface area contributed by atoms with Crippen molar-refractivity contribution in [3.05, 3.63) is 96.1 Å². The smallest absolute Gasteiger partial charge is 0.230 e. The number of rotatable bonds is 12. The Hall–Kier alpha value is -4.49. The molecule has 44 heavy (non-hydrogen) atoms. The van der Waals surface area contributed by atoms with Gasteiger partial charge in [0.05, 0.1) is 40.9 Å². The summed E-state index contributed by atoms with van der Waals surface area (Å²) in [7, 11) is 3.22. The lowest BCUT2D eigenvalue weighted by molar-refractivity contribution is -0.119. The van der Waals surface area contributed by atoms with E-state index in [1.165, 1.54) is 23.5 Å². The van der Waals surface area contributed by atoms with Crippen LogP contribution in [0.25, 0.3) is 20.8 Å². The third-order valence-electron chi connectivity index (χ3n) is 6.47. The number of halogens is 1. The topological polar surface area (TPSA) is 107 Å². The Kier molecular flexibility index (Phi) is 10.4. The SMILES string of the molecule is COCCNCc1ccc(-c2cc3nccc(Oc4ccc(NC(=S)NC(=O)Cc5ccccc5OC)cc4F)c3s2)nc1. The summed E-state index contributed by atoms with van der Waals surface area (Å²) in [5.74, 6) is 0.191. The summed E-state index contributed by atoms with van der Waals surface area (Å²) in [6, 6.07) is 19.2. The van der Waals surface area contributed by atoms with Crippen LogP contribution in [0.1, 0.15) is 11.1 Å². The first-order valence-corrected chi connectivity index (χ1v) is 14.9. The minimum atomic E-state index is -0.601. The number of carbonyl (C=O) groups is 1. The minimum absolute atomic E-state index is 0.0348. The Labute approximate surface area is 263 Å². The summed E-state index contributed by atoms with van der Waals surface area (Å²) >= 11 is 6.73. The molecular formula is C32H30FN5O4S2. The van der Waals surface area contributed by atoms with Crippen LogP contribution in [0.2, 0.25) is 0 Å². The summed E-state index contributed by atoms with van der Waals surface area (Å²) in [5.41, 5.74) is 3.69. The average molecular weight is 632 g/mol. The molecule has 0 unspecified atom stereocenters. The van der Waals surface area contributed by atoms with E-state index in [-0.39, 0.29) is 23.2 Å². The second-order valence-corrected chi connectivity index (χ2v) is 11.1. The number of fused-ring (bicyclic) bond motifs is 1. The van der Waals surface area contributed by atoms with Crippen LogP contribution in [0.4, 0.5) is 10.1 Å². The number of thiocarbonyl (C=S) groups is 1. The summed E-state index contributed by atoms with van der Waals surface area (Å²) in [6.07, 6.45) is 3.54. The van der Waals surface area contributed by atoms with Gasteiger partial charge in [0.15, 0.2) is 16.7 Å². The highest BCUT2D eigenvalue weighted by atomic mass is 32.1. The van der Waals surface area contributed by atoms with E-state index >= 15 is 4.39 Å². The number of carbonyl (C=O) groups excluding carboxylic acids is 1. The Morgan fingerprint density at radius 1 is 1.00 bits per heavy atom. The number of ether oxygens (including phenoxy) is 3. The van der Waals surface area contributed by atoms with Crippen molar-refractivity contribution in [1.82, 2.24) is 20.6 Å². The number of nitrogens with zero attached hydrogens (tertiary/aromatic N) is 2. The first-order chi connectivity index (χ1) is 21.4. The van der Waals surface area contributed by atoms with Crippen molar-refractivity contribution in [2.45, 2.75) is 13.0 Å². The molecule has 1 amide bonds. The van der Waals surface area contributed by atoms with Crippen molar-refractivity contribution in [2.24, 2.45) is 0 Å². The van der Waals surface area contributed by atoms with Gasteiger partial charge in [-0.05, 0) is 48.1 Å². The van der Waals surface area contributed by atoms with Gasteiger partial charge in [-0.2, -0.15) is 0 Å². The lowest BCUT2D eigenvalue weighted by atomic mass is 10.1. The number of para-hydroxylation sites is 1. The van der Waals surface area contributed by atoms with Crippen molar-refractivity contribution < 1.29 is 23.4 Å². The fourth-order valence-corrected chi connectivity index (χ4v) is 5.61. The van der Waals surface area contributed by atoms with E-state index in [9.17, 15) is 4.79 Å². The van der Waals surface area contributed by atoms with Gasteiger partial charge in [-0.1, -0.05) is 24.3 Å².